The van der Waals surface area contributed by atoms with Crippen LogP contribution in [0.1, 0.15) is 42.6 Å². The number of carbonyl (C=O) groups excluding carboxylic acids is 1. The Kier molecular flexibility index (Phi) is 4.75. The summed E-state index contributed by atoms with van der Waals surface area (Å²) in [4.78, 5) is 12.7. The summed E-state index contributed by atoms with van der Waals surface area (Å²) in [5.74, 6) is -0.00425. The highest BCUT2D eigenvalue weighted by molar-refractivity contribution is 5.98. The van der Waals surface area contributed by atoms with E-state index < -0.39 is 0 Å². The Morgan fingerprint density at radius 1 is 1.19 bits per heavy atom. The molecular formula is C23H26N2O2. The van der Waals surface area contributed by atoms with Crippen LogP contribution in [-0.4, -0.2) is 28.7 Å². The SMILES string of the molecule is CC1(C)C[C@@H](NC(=O)c2ccc3c(ccn3Cc3ccccc3)c2)CCO1. The van der Waals surface area contributed by atoms with Gasteiger partial charge < -0.3 is 14.6 Å². The summed E-state index contributed by atoms with van der Waals surface area (Å²) in [7, 11) is 0. The number of fused-ring (bicyclic) bond motifs is 1. The van der Waals surface area contributed by atoms with Gasteiger partial charge in [0.05, 0.1) is 5.60 Å². The molecule has 0 aliphatic carbocycles. The number of carbonyl (C=O) groups is 1. The van der Waals surface area contributed by atoms with Gasteiger partial charge in [0.1, 0.15) is 0 Å². The van der Waals surface area contributed by atoms with Crippen LogP contribution in [-0.2, 0) is 11.3 Å². The maximum absolute atomic E-state index is 12.7. The number of aromatic nitrogens is 1. The number of hydrogen-bond donors (Lipinski definition) is 1. The van der Waals surface area contributed by atoms with Gasteiger partial charge in [-0.25, -0.2) is 0 Å². The topological polar surface area (TPSA) is 43.3 Å². The molecule has 4 nitrogen and oxygen atoms in total. The van der Waals surface area contributed by atoms with Crippen molar-refractivity contribution < 1.29 is 9.53 Å². The van der Waals surface area contributed by atoms with E-state index >= 15 is 0 Å². The fourth-order valence-corrected chi connectivity index (χ4v) is 3.88. The quantitative estimate of drug-likeness (QED) is 0.749. The largest absolute Gasteiger partial charge is 0.375 e. The highest BCUT2D eigenvalue weighted by Gasteiger charge is 2.29. The Hall–Kier alpha value is -2.59. The number of hydrogen-bond acceptors (Lipinski definition) is 2. The predicted molar refractivity (Wildman–Crippen MR) is 108 cm³/mol. The molecule has 0 saturated carbocycles. The molecule has 1 aliphatic rings. The summed E-state index contributed by atoms with van der Waals surface area (Å²) in [5, 5.41) is 4.27. The first-order chi connectivity index (χ1) is 13.0. The first-order valence-corrected chi connectivity index (χ1v) is 9.58. The number of benzene rings is 2. The van der Waals surface area contributed by atoms with Crippen LogP contribution in [0, 0.1) is 0 Å². The Morgan fingerprint density at radius 2 is 2.00 bits per heavy atom. The molecule has 1 fully saturated rings. The van der Waals surface area contributed by atoms with Crippen LogP contribution in [0.25, 0.3) is 10.9 Å². The van der Waals surface area contributed by atoms with Crippen LogP contribution in [0.15, 0.2) is 60.8 Å². The Bertz CT molecular complexity index is 943. The lowest BCUT2D eigenvalue weighted by Crippen LogP contribution is -2.45. The molecule has 2 aromatic carbocycles. The van der Waals surface area contributed by atoms with E-state index in [4.69, 9.17) is 4.74 Å². The Labute approximate surface area is 160 Å². The zero-order chi connectivity index (χ0) is 18.9. The molecule has 0 radical (unpaired) electrons. The van der Waals surface area contributed by atoms with Gasteiger partial charge in [-0.1, -0.05) is 30.3 Å². The summed E-state index contributed by atoms with van der Waals surface area (Å²) in [6, 6.07) is 18.6. The van der Waals surface area contributed by atoms with E-state index in [1.54, 1.807) is 0 Å². The molecule has 4 heteroatoms. The highest BCUT2D eigenvalue weighted by atomic mass is 16.5. The van der Waals surface area contributed by atoms with E-state index in [0.717, 1.165) is 30.3 Å². The molecule has 0 spiro atoms. The number of rotatable bonds is 4. The lowest BCUT2D eigenvalue weighted by Gasteiger charge is -2.35. The zero-order valence-electron chi connectivity index (χ0n) is 15.9. The van der Waals surface area contributed by atoms with Crippen LogP contribution >= 0.6 is 0 Å². The average Bonchev–Trinajstić information content (AvgIpc) is 3.04. The van der Waals surface area contributed by atoms with Gasteiger partial charge >= 0.3 is 0 Å². The van der Waals surface area contributed by atoms with Crippen molar-refractivity contribution in [2.24, 2.45) is 0 Å². The minimum Gasteiger partial charge on any atom is -0.375 e. The molecule has 4 rings (SSSR count). The molecule has 27 heavy (non-hydrogen) atoms. The van der Waals surface area contributed by atoms with Crippen molar-refractivity contribution in [1.29, 1.82) is 0 Å². The summed E-state index contributed by atoms with van der Waals surface area (Å²) in [5.41, 5.74) is 2.94. The second-order valence-corrected chi connectivity index (χ2v) is 7.97. The van der Waals surface area contributed by atoms with Crippen LogP contribution in [0.2, 0.25) is 0 Å². The first-order valence-electron chi connectivity index (χ1n) is 9.58. The summed E-state index contributed by atoms with van der Waals surface area (Å²) in [6.07, 6.45) is 3.79. The Balaban J connectivity index is 1.49. The summed E-state index contributed by atoms with van der Waals surface area (Å²) in [6.45, 7) is 5.67. The zero-order valence-corrected chi connectivity index (χ0v) is 15.9. The summed E-state index contributed by atoms with van der Waals surface area (Å²) < 4.78 is 7.95. The third-order valence-electron chi connectivity index (χ3n) is 5.26. The second kappa shape index (κ2) is 7.20. The monoisotopic (exact) mass is 362 g/mol. The number of ether oxygens (including phenoxy) is 1. The number of amides is 1. The van der Waals surface area contributed by atoms with Crippen molar-refractivity contribution in [3.8, 4) is 0 Å². The standard InChI is InChI=1S/C23H26N2O2/c1-23(2)15-20(11-13-27-23)24-22(26)19-8-9-21-18(14-19)10-12-25(21)16-17-6-4-3-5-7-17/h3-10,12,14,20H,11,13,15-16H2,1-2H3,(H,24,26)/t20-/m0/s1. The molecule has 140 valence electrons. The second-order valence-electron chi connectivity index (χ2n) is 7.97. The van der Waals surface area contributed by atoms with Gasteiger partial charge in [-0.3, -0.25) is 4.79 Å². The van der Waals surface area contributed by atoms with Crippen LogP contribution in [0.4, 0.5) is 0 Å². The minimum absolute atomic E-state index is 0.00425. The van der Waals surface area contributed by atoms with E-state index in [0.29, 0.717) is 12.2 Å². The molecule has 3 aromatic rings. The van der Waals surface area contributed by atoms with Crippen molar-refractivity contribution in [3.05, 3.63) is 71.9 Å². The van der Waals surface area contributed by atoms with E-state index in [-0.39, 0.29) is 17.6 Å². The molecule has 1 N–H and O–H groups in total. The molecule has 0 bridgehead atoms. The van der Waals surface area contributed by atoms with Gasteiger partial charge in [-0.15, -0.1) is 0 Å². The van der Waals surface area contributed by atoms with Gasteiger partial charge in [0.2, 0.25) is 0 Å². The van der Waals surface area contributed by atoms with Crippen molar-refractivity contribution in [2.75, 3.05) is 6.61 Å². The van der Waals surface area contributed by atoms with Crippen LogP contribution in [0.5, 0.6) is 0 Å². The number of nitrogens with zero attached hydrogens (tertiary/aromatic N) is 1. The lowest BCUT2D eigenvalue weighted by atomic mass is 9.93. The Morgan fingerprint density at radius 3 is 2.78 bits per heavy atom. The molecule has 0 unspecified atom stereocenters. The molecule has 1 aliphatic heterocycles. The third-order valence-corrected chi connectivity index (χ3v) is 5.26. The van der Waals surface area contributed by atoms with Gasteiger partial charge in [0, 0.05) is 41.9 Å². The molecule has 1 amide bonds. The maximum Gasteiger partial charge on any atom is 0.251 e. The van der Waals surface area contributed by atoms with Crippen LogP contribution < -0.4 is 5.32 Å². The van der Waals surface area contributed by atoms with Crippen molar-refractivity contribution in [1.82, 2.24) is 9.88 Å². The highest BCUT2D eigenvalue weighted by Crippen LogP contribution is 2.24. The lowest BCUT2D eigenvalue weighted by molar-refractivity contribution is -0.0615. The van der Waals surface area contributed by atoms with Crippen molar-refractivity contribution in [3.63, 3.8) is 0 Å². The normalized spacial score (nSPS) is 19.1. The van der Waals surface area contributed by atoms with E-state index in [1.165, 1.54) is 5.56 Å². The molecule has 1 saturated heterocycles. The van der Waals surface area contributed by atoms with Crippen molar-refractivity contribution >= 4 is 16.8 Å². The number of nitrogens with one attached hydrogen (secondary N) is 1. The average molecular weight is 362 g/mol. The van der Waals surface area contributed by atoms with Crippen molar-refractivity contribution in [2.45, 2.75) is 44.9 Å². The van der Waals surface area contributed by atoms with E-state index in [9.17, 15) is 4.79 Å². The third kappa shape index (κ3) is 4.06. The fourth-order valence-electron chi connectivity index (χ4n) is 3.88. The van der Waals surface area contributed by atoms with Gasteiger partial charge in [0.25, 0.3) is 5.91 Å². The van der Waals surface area contributed by atoms with E-state index in [1.807, 2.05) is 24.3 Å². The minimum atomic E-state index is -0.172. The molecule has 1 aromatic heterocycles. The molecular weight excluding hydrogens is 336 g/mol. The predicted octanol–water partition coefficient (Wildman–Crippen LogP) is 4.38. The molecule has 2 heterocycles. The fraction of sp³-hybridized carbons (Fsp3) is 0.348. The smallest absolute Gasteiger partial charge is 0.251 e. The first kappa shape index (κ1) is 17.8. The maximum atomic E-state index is 12.7. The van der Waals surface area contributed by atoms with E-state index in [2.05, 4.69) is 60.3 Å². The van der Waals surface area contributed by atoms with Gasteiger partial charge in [-0.2, -0.15) is 0 Å². The van der Waals surface area contributed by atoms with Crippen LogP contribution in [0.3, 0.4) is 0 Å². The summed E-state index contributed by atoms with van der Waals surface area (Å²) >= 11 is 0. The van der Waals surface area contributed by atoms with Gasteiger partial charge in [0.15, 0.2) is 0 Å². The van der Waals surface area contributed by atoms with Gasteiger partial charge in [-0.05, 0) is 56.5 Å². The molecule has 1 atom stereocenters.